The van der Waals surface area contributed by atoms with Gasteiger partial charge in [-0.1, -0.05) is 57.9 Å². The van der Waals surface area contributed by atoms with E-state index in [-0.39, 0.29) is 37.3 Å². The molecule has 0 radical (unpaired) electrons. The molecule has 1 unspecified atom stereocenters. The highest BCUT2D eigenvalue weighted by atomic mass is 19.1. The molecule has 0 saturated carbocycles. The van der Waals surface area contributed by atoms with Crippen LogP contribution in [0.1, 0.15) is 76.0 Å². The lowest BCUT2D eigenvalue weighted by atomic mass is 9.63. The van der Waals surface area contributed by atoms with Gasteiger partial charge in [0, 0.05) is 37.9 Å². The van der Waals surface area contributed by atoms with E-state index in [2.05, 4.69) is 22.9 Å². The highest BCUT2D eigenvalue weighted by molar-refractivity contribution is 5.91. The van der Waals surface area contributed by atoms with E-state index >= 15 is 0 Å². The lowest BCUT2D eigenvalue weighted by molar-refractivity contribution is -0.156. The number of nitrogens with two attached hydrogens (primary N) is 1. The molecule has 0 heterocycles. The smallest absolute Gasteiger partial charge is 0.349 e. The molecular weight excluding hydrogens is 518 g/mol. The number of halogens is 2. The first-order chi connectivity index (χ1) is 19.0. The van der Waals surface area contributed by atoms with Crippen LogP contribution in [0, 0.1) is 11.6 Å². The number of rotatable bonds is 16. The Kier molecular flexibility index (Phi) is 12.7. The average molecular weight is 561 g/mol. The summed E-state index contributed by atoms with van der Waals surface area (Å²) >= 11 is 0. The van der Waals surface area contributed by atoms with Crippen LogP contribution >= 0.6 is 0 Å². The maximum Gasteiger partial charge on any atom is 0.349 e. The van der Waals surface area contributed by atoms with Gasteiger partial charge in [0.2, 0.25) is 0 Å². The number of carbonyl (C=O) groups is 3. The van der Waals surface area contributed by atoms with Crippen molar-refractivity contribution in [1.82, 2.24) is 16.0 Å². The number of ketones is 1. The molecule has 0 spiro atoms. The number of amides is 2. The second-order valence-electron chi connectivity index (χ2n) is 10.00. The van der Waals surface area contributed by atoms with Crippen molar-refractivity contribution in [2.45, 2.75) is 83.3 Å². The minimum absolute atomic E-state index is 0.0168. The molecule has 0 aliphatic rings. The van der Waals surface area contributed by atoms with Crippen LogP contribution in [0.15, 0.2) is 42.5 Å². The fraction of sp³-hybridized carbons (Fsp3) is 0.500. The SMILES string of the molecule is CCCCC(=O)CC(CCC)(c1cc(F)cc(F)c1)[C@@](N)(NC(=O)NC)C(=O)OCNCc1cccc(CC)c1. The molecule has 0 aromatic heterocycles. The Morgan fingerprint density at radius 2 is 1.65 bits per heavy atom. The first-order valence-corrected chi connectivity index (χ1v) is 13.8. The van der Waals surface area contributed by atoms with E-state index in [9.17, 15) is 23.2 Å². The minimum Gasteiger partial charge on any atom is -0.447 e. The largest absolute Gasteiger partial charge is 0.447 e. The minimum atomic E-state index is -2.35. The molecule has 2 atom stereocenters. The number of benzene rings is 2. The van der Waals surface area contributed by atoms with E-state index in [1.54, 1.807) is 6.92 Å². The number of hydrogen-bond donors (Lipinski definition) is 4. The van der Waals surface area contributed by atoms with Gasteiger partial charge < -0.3 is 15.4 Å². The highest BCUT2D eigenvalue weighted by Gasteiger charge is 2.57. The molecular formula is C30H42F2N4O4. The van der Waals surface area contributed by atoms with Crippen molar-refractivity contribution >= 4 is 17.8 Å². The van der Waals surface area contributed by atoms with Gasteiger partial charge >= 0.3 is 12.0 Å². The molecule has 0 bridgehead atoms. The maximum atomic E-state index is 14.5. The normalized spacial score (nSPS) is 14.1. The molecule has 0 aliphatic carbocycles. The number of Topliss-reactive ketones (excluding diaryl/α,β-unsaturated/α-hetero) is 1. The zero-order valence-electron chi connectivity index (χ0n) is 23.9. The van der Waals surface area contributed by atoms with Crippen molar-refractivity contribution in [2.24, 2.45) is 5.73 Å². The Morgan fingerprint density at radius 1 is 0.975 bits per heavy atom. The monoisotopic (exact) mass is 560 g/mol. The van der Waals surface area contributed by atoms with Gasteiger partial charge in [0.15, 0.2) is 5.66 Å². The van der Waals surface area contributed by atoms with Gasteiger partial charge in [0.05, 0.1) is 0 Å². The summed E-state index contributed by atoms with van der Waals surface area (Å²) in [4.78, 5) is 39.6. The number of esters is 1. The number of carbonyl (C=O) groups excluding carboxylic acids is 3. The van der Waals surface area contributed by atoms with Crippen LogP contribution in [0.5, 0.6) is 0 Å². The molecule has 40 heavy (non-hydrogen) atoms. The lowest BCUT2D eigenvalue weighted by Crippen LogP contribution is -2.74. The number of ether oxygens (including phenoxy) is 1. The van der Waals surface area contributed by atoms with E-state index in [0.29, 0.717) is 25.5 Å². The highest BCUT2D eigenvalue weighted by Crippen LogP contribution is 2.43. The van der Waals surface area contributed by atoms with E-state index in [4.69, 9.17) is 10.5 Å². The van der Waals surface area contributed by atoms with Gasteiger partial charge in [0.25, 0.3) is 0 Å². The van der Waals surface area contributed by atoms with Crippen LogP contribution in [0.25, 0.3) is 0 Å². The Hall–Kier alpha value is -3.37. The second kappa shape index (κ2) is 15.4. The molecule has 0 saturated heterocycles. The van der Waals surface area contributed by atoms with E-state index in [1.807, 2.05) is 31.2 Å². The van der Waals surface area contributed by atoms with Crippen LogP contribution in [0.3, 0.4) is 0 Å². The zero-order valence-corrected chi connectivity index (χ0v) is 23.9. The van der Waals surface area contributed by atoms with Gasteiger partial charge in [-0.3, -0.25) is 15.8 Å². The van der Waals surface area contributed by atoms with E-state index in [1.165, 1.54) is 7.05 Å². The van der Waals surface area contributed by atoms with E-state index < -0.39 is 34.7 Å². The Labute approximate surface area is 235 Å². The van der Waals surface area contributed by atoms with Crippen LogP contribution in [0.4, 0.5) is 13.6 Å². The molecule has 10 heteroatoms. The summed E-state index contributed by atoms with van der Waals surface area (Å²) in [6.07, 6.45) is 2.50. The molecule has 2 amide bonds. The molecule has 5 N–H and O–H groups in total. The molecule has 8 nitrogen and oxygen atoms in total. The van der Waals surface area contributed by atoms with E-state index in [0.717, 1.165) is 36.1 Å². The number of aryl methyl sites for hydroxylation is 1. The van der Waals surface area contributed by atoms with Crippen molar-refractivity contribution in [3.63, 3.8) is 0 Å². The number of nitrogens with one attached hydrogen (secondary N) is 3. The van der Waals surface area contributed by atoms with Crippen LogP contribution in [-0.2, 0) is 32.7 Å². The first kappa shape index (κ1) is 32.8. The summed E-state index contributed by atoms with van der Waals surface area (Å²) in [5, 5.41) is 7.85. The van der Waals surface area contributed by atoms with Crippen LogP contribution in [-0.4, -0.2) is 37.2 Å². The predicted octanol–water partition coefficient (Wildman–Crippen LogP) is 4.59. The molecule has 220 valence electrons. The van der Waals surface area contributed by atoms with Gasteiger partial charge in [-0.05, 0) is 48.1 Å². The zero-order chi connectivity index (χ0) is 29.8. The van der Waals surface area contributed by atoms with Gasteiger partial charge in [-0.25, -0.2) is 18.4 Å². The van der Waals surface area contributed by atoms with Crippen LogP contribution in [0.2, 0.25) is 0 Å². The van der Waals surface area contributed by atoms with Crippen molar-refractivity contribution in [1.29, 1.82) is 0 Å². The molecule has 0 aliphatic heterocycles. The third-order valence-electron chi connectivity index (χ3n) is 7.05. The molecule has 0 fully saturated rings. The molecule has 2 rings (SSSR count). The van der Waals surface area contributed by atoms with Crippen molar-refractivity contribution in [3.05, 3.63) is 70.8 Å². The van der Waals surface area contributed by atoms with Gasteiger partial charge in [-0.15, -0.1) is 0 Å². The second-order valence-corrected chi connectivity index (χ2v) is 10.00. The summed E-state index contributed by atoms with van der Waals surface area (Å²) in [7, 11) is 1.34. The average Bonchev–Trinajstić information content (AvgIpc) is 2.93. The predicted molar refractivity (Wildman–Crippen MR) is 150 cm³/mol. The lowest BCUT2D eigenvalue weighted by Gasteiger charge is -2.47. The van der Waals surface area contributed by atoms with Crippen molar-refractivity contribution < 1.29 is 27.9 Å². The summed E-state index contributed by atoms with van der Waals surface area (Å²) in [6.45, 7) is 5.91. The number of hydrogen-bond acceptors (Lipinski definition) is 6. The van der Waals surface area contributed by atoms with Crippen molar-refractivity contribution in [2.75, 3.05) is 13.8 Å². The fourth-order valence-corrected chi connectivity index (χ4v) is 4.95. The molecule has 2 aromatic rings. The fourth-order valence-electron chi connectivity index (χ4n) is 4.95. The summed E-state index contributed by atoms with van der Waals surface area (Å²) in [6, 6.07) is 9.88. The van der Waals surface area contributed by atoms with Crippen LogP contribution < -0.4 is 21.7 Å². The maximum absolute atomic E-state index is 14.5. The Balaban J connectivity index is 2.51. The summed E-state index contributed by atoms with van der Waals surface area (Å²) in [5.41, 5.74) is 4.81. The number of unbranched alkanes of at least 4 members (excludes halogenated alkanes) is 1. The summed E-state index contributed by atoms with van der Waals surface area (Å²) < 4.78 is 34.6. The Bertz CT molecular complexity index is 1140. The summed E-state index contributed by atoms with van der Waals surface area (Å²) in [5.74, 6) is -3.10. The standard InChI is InChI=1S/C30H42F2N4O4/c1-5-8-12-26(37)18-29(13-6-2,23-15-24(31)17-25(32)16-23)30(33,36-28(39)34-4)27(38)40-20-35-19-22-11-9-10-21(7-3)14-22/h9-11,14-17,35H,5-8,12-13,18-20,33H2,1-4H3,(H2,34,36,39)/t29?,30-/m0/s1. The Morgan fingerprint density at radius 3 is 2.25 bits per heavy atom. The van der Waals surface area contributed by atoms with Gasteiger partial charge in [0.1, 0.15) is 24.1 Å². The third-order valence-corrected chi connectivity index (χ3v) is 7.05. The molecule has 2 aromatic carbocycles. The first-order valence-electron chi connectivity index (χ1n) is 13.8. The quantitative estimate of drug-likeness (QED) is 0.135. The third kappa shape index (κ3) is 8.32. The van der Waals surface area contributed by atoms with Gasteiger partial charge in [-0.2, -0.15) is 0 Å². The van der Waals surface area contributed by atoms with Crippen molar-refractivity contribution in [3.8, 4) is 0 Å². The number of urea groups is 1. The topological polar surface area (TPSA) is 123 Å².